The number of nitrogens with two attached hydrogens (primary N) is 1. The van der Waals surface area contributed by atoms with Crippen LogP contribution in [0.25, 0.3) is 22.1 Å². The smallest absolute Gasteiger partial charge is 0.332 e. The number of aryl methyl sites for hydroxylation is 2. The molecule has 5 rings (SSSR count). The van der Waals surface area contributed by atoms with E-state index >= 15 is 0 Å². The van der Waals surface area contributed by atoms with Crippen LogP contribution in [0.15, 0.2) is 33.9 Å². The van der Waals surface area contributed by atoms with Gasteiger partial charge in [-0.2, -0.15) is 4.98 Å². The summed E-state index contributed by atoms with van der Waals surface area (Å²) in [6, 6.07) is 7.71. The largest absolute Gasteiger partial charge is 0.341 e. The van der Waals surface area contributed by atoms with E-state index in [1.807, 2.05) is 31.2 Å². The minimum absolute atomic E-state index is 0.0306. The Labute approximate surface area is 202 Å². The monoisotopic (exact) mass is 472 g/mol. The Bertz CT molecular complexity index is 1620. The van der Waals surface area contributed by atoms with Crippen molar-refractivity contribution in [1.82, 2.24) is 28.7 Å². The molecular formula is C25H28N8O2. The van der Waals surface area contributed by atoms with E-state index < -0.39 is 11.2 Å². The fourth-order valence-corrected chi connectivity index (χ4v) is 4.75. The third-order valence-corrected chi connectivity index (χ3v) is 6.51. The number of benzene rings is 1. The van der Waals surface area contributed by atoms with Crippen molar-refractivity contribution >= 4 is 28.0 Å². The maximum atomic E-state index is 13.7. The molecule has 3 aromatic heterocycles. The summed E-state index contributed by atoms with van der Waals surface area (Å²) in [6.45, 7) is 5.31. The second-order valence-corrected chi connectivity index (χ2v) is 8.92. The van der Waals surface area contributed by atoms with Gasteiger partial charge in [-0.05, 0) is 32.8 Å². The molecule has 1 aliphatic heterocycles. The number of rotatable bonds is 4. The van der Waals surface area contributed by atoms with Crippen LogP contribution in [0.5, 0.6) is 0 Å². The number of hydrogen-bond acceptors (Lipinski definition) is 7. The van der Waals surface area contributed by atoms with E-state index in [0.29, 0.717) is 29.5 Å². The number of hydrogen-bond donors (Lipinski definition) is 1. The fourth-order valence-electron chi connectivity index (χ4n) is 4.75. The van der Waals surface area contributed by atoms with Gasteiger partial charge in [-0.15, -0.1) is 5.92 Å². The first-order valence-electron chi connectivity index (χ1n) is 11.7. The molecule has 0 spiro atoms. The van der Waals surface area contributed by atoms with Gasteiger partial charge in [0.1, 0.15) is 5.82 Å². The SMILES string of the molecule is CC#CCn1c(N2CCCC(N)C2)nc2c1c(=O)n(Cc1nc(C)c3ccccc3n1)c(=O)n2C. The van der Waals surface area contributed by atoms with Gasteiger partial charge in [-0.3, -0.25) is 18.5 Å². The molecule has 1 aromatic carbocycles. The van der Waals surface area contributed by atoms with Crippen LogP contribution >= 0.6 is 0 Å². The van der Waals surface area contributed by atoms with Gasteiger partial charge in [0.15, 0.2) is 11.2 Å². The lowest BCUT2D eigenvalue weighted by molar-refractivity contribution is 0.496. The van der Waals surface area contributed by atoms with Crippen LogP contribution in [-0.2, 0) is 20.1 Å². The average Bonchev–Trinajstić information content (AvgIpc) is 3.24. The number of imidazole rings is 1. The van der Waals surface area contributed by atoms with Crippen LogP contribution in [0.1, 0.15) is 31.3 Å². The summed E-state index contributed by atoms with van der Waals surface area (Å²) in [7, 11) is 1.63. The zero-order valence-corrected chi connectivity index (χ0v) is 20.2. The average molecular weight is 473 g/mol. The molecule has 2 N–H and O–H groups in total. The summed E-state index contributed by atoms with van der Waals surface area (Å²) in [5, 5.41) is 0.938. The summed E-state index contributed by atoms with van der Waals surface area (Å²) in [5.74, 6) is 6.96. The van der Waals surface area contributed by atoms with Crippen molar-refractivity contribution in [3.05, 3.63) is 56.6 Å². The molecule has 0 radical (unpaired) electrons. The molecule has 0 saturated carbocycles. The van der Waals surface area contributed by atoms with Gasteiger partial charge in [-0.1, -0.05) is 24.1 Å². The van der Waals surface area contributed by atoms with Crippen LogP contribution in [-0.4, -0.2) is 47.8 Å². The number of fused-ring (bicyclic) bond motifs is 2. The molecule has 0 aliphatic carbocycles. The van der Waals surface area contributed by atoms with Gasteiger partial charge in [0.25, 0.3) is 5.56 Å². The van der Waals surface area contributed by atoms with Crippen molar-refractivity contribution in [1.29, 1.82) is 0 Å². The van der Waals surface area contributed by atoms with E-state index in [9.17, 15) is 9.59 Å². The molecule has 0 amide bonds. The molecule has 180 valence electrons. The highest BCUT2D eigenvalue weighted by Crippen LogP contribution is 2.23. The van der Waals surface area contributed by atoms with Crippen molar-refractivity contribution < 1.29 is 0 Å². The highest BCUT2D eigenvalue weighted by molar-refractivity contribution is 5.80. The standard InChI is InChI=1S/C25H28N8O2/c1-4-5-13-32-21-22(29-24(32)31-12-8-9-17(26)14-31)30(3)25(35)33(23(21)34)15-20-27-16(2)18-10-6-7-11-19(18)28-20/h6-7,10-11,17H,8-9,12-15,26H2,1-3H3. The van der Waals surface area contributed by atoms with Gasteiger partial charge >= 0.3 is 5.69 Å². The molecule has 10 heteroatoms. The van der Waals surface area contributed by atoms with E-state index in [1.54, 1.807) is 18.5 Å². The fraction of sp³-hybridized carbons (Fsp3) is 0.400. The topological polar surface area (TPSA) is 117 Å². The molecule has 1 saturated heterocycles. The molecule has 1 atom stereocenters. The second kappa shape index (κ2) is 9.00. The minimum Gasteiger partial charge on any atom is -0.341 e. The lowest BCUT2D eigenvalue weighted by Gasteiger charge is -2.31. The Kier molecular flexibility index (Phi) is 5.86. The normalized spacial score (nSPS) is 16.0. The van der Waals surface area contributed by atoms with Gasteiger partial charge in [-0.25, -0.2) is 14.8 Å². The first kappa shape index (κ1) is 22.8. The number of anilines is 1. The molecule has 1 aliphatic rings. The maximum absolute atomic E-state index is 13.7. The first-order valence-corrected chi connectivity index (χ1v) is 11.7. The summed E-state index contributed by atoms with van der Waals surface area (Å²) < 4.78 is 4.39. The molecule has 4 aromatic rings. The summed E-state index contributed by atoms with van der Waals surface area (Å²) in [4.78, 5) is 43.0. The minimum atomic E-state index is -0.468. The lowest BCUT2D eigenvalue weighted by atomic mass is 10.1. The zero-order valence-electron chi connectivity index (χ0n) is 20.2. The van der Waals surface area contributed by atoms with E-state index in [4.69, 9.17) is 10.7 Å². The van der Waals surface area contributed by atoms with E-state index in [1.165, 1.54) is 9.13 Å². The molecule has 4 heterocycles. The predicted molar refractivity (Wildman–Crippen MR) is 135 cm³/mol. The molecule has 0 bridgehead atoms. The third-order valence-electron chi connectivity index (χ3n) is 6.51. The molecule has 1 fully saturated rings. The van der Waals surface area contributed by atoms with Gasteiger partial charge in [0.05, 0.1) is 18.6 Å². The summed E-state index contributed by atoms with van der Waals surface area (Å²) >= 11 is 0. The molecule has 35 heavy (non-hydrogen) atoms. The Hall–Kier alpha value is -3.97. The lowest BCUT2D eigenvalue weighted by Crippen LogP contribution is -2.44. The zero-order chi connectivity index (χ0) is 24.7. The van der Waals surface area contributed by atoms with Crippen LogP contribution in [0.3, 0.4) is 0 Å². The summed E-state index contributed by atoms with van der Waals surface area (Å²) in [5.41, 5.74) is 7.54. The predicted octanol–water partition coefficient (Wildman–Crippen LogP) is 1.15. The molecule has 1 unspecified atom stereocenters. The Morgan fingerprint density at radius 3 is 2.71 bits per heavy atom. The van der Waals surface area contributed by atoms with Gasteiger partial charge < -0.3 is 10.6 Å². The van der Waals surface area contributed by atoms with Gasteiger partial charge in [0.2, 0.25) is 5.95 Å². The Morgan fingerprint density at radius 1 is 1.14 bits per heavy atom. The number of para-hydroxylation sites is 1. The van der Waals surface area contributed by atoms with Crippen LogP contribution in [0.4, 0.5) is 5.95 Å². The Morgan fingerprint density at radius 2 is 1.94 bits per heavy atom. The van der Waals surface area contributed by atoms with Crippen LogP contribution < -0.4 is 21.9 Å². The van der Waals surface area contributed by atoms with E-state index in [-0.39, 0.29) is 19.1 Å². The van der Waals surface area contributed by atoms with Crippen molar-refractivity contribution in [3.8, 4) is 11.8 Å². The van der Waals surface area contributed by atoms with Crippen molar-refractivity contribution in [2.24, 2.45) is 12.8 Å². The number of aromatic nitrogens is 6. The third kappa shape index (κ3) is 3.98. The number of nitrogens with zero attached hydrogens (tertiary/aromatic N) is 7. The van der Waals surface area contributed by atoms with Crippen LogP contribution in [0, 0.1) is 18.8 Å². The quantitative estimate of drug-likeness (QED) is 0.443. The highest BCUT2D eigenvalue weighted by atomic mass is 16.2. The van der Waals surface area contributed by atoms with Crippen molar-refractivity contribution in [2.75, 3.05) is 18.0 Å². The van der Waals surface area contributed by atoms with E-state index in [2.05, 4.69) is 26.7 Å². The van der Waals surface area contributed by atoms with Gasteiger partial charge in [0, 0.05) is 37.3 Å². The highest BCUT2D eigenvalue weighted by Gasteiger charge is 2.26. The van der Waals surface area contributed by atoms with Crippen LogP contribution in [0.2, 0.25) is 0 Å². The number of piperidine rings is 1. The van der Waals surface area contributed by atoms with E-state index in [0.717, 1.165) is 36.0 Å². The van der Waals surface area contributed by atoms with Crippen molar-refractivity contribution in [2.45, 2.75) is 45.8 Å². The van der Waals surface area contributed by atoms with Crippen molar-refractivity contribution in [3.63, 3.8) is 0 Å². The summed E-state index contributed by atoms with van der Waals surface area (Å²) in [6.07, 6.45) is 1.88. The first-order chi connectivity index (χ1) is 16.9. The molecular weight excluding hydrogens is 444 g/mol. The second-order valence-electron chi connectivity index (χ2n) is 8.92. The maximum Gasteiger partial charge on any atom is 0.332 e. The Balaban J connectivity index is 1.69. The molecule has 10 nitrogen and oxygen atoms in total.